The number of nitrogens with zero attached hydrogens (tertiary/aromatic N) is 1. The van der Waals surface area contributed by atoms with Crippen LogP contribution in [0, 0.1) is 5.41 Å². The molecule has 1 heterocycles. The van der Waals surface area contributed by atoms with Crippen LogP contribution in [0.1, 0.15) is 13.8 Å². The molecule has 0 fully saturated rings. The van der Waals surface area contributed by atoms with Gasteiger partial charge in [0.15, 0.2) is 17.5 Å². The number of aliphatic imine (C=N–C) groups is 1. The third kappa shape index (κ3) is 5.26. The first-order valence-electron chi connectivity index (χ1n) is 7.87. The molecule has 1 aliphatic heterocycles. The van der Waals surface area contributed by atoms with Crippen molar-refractivity contribution in [2.24, 2.45) is 16.1 Å². The van der Waals surface area contributed by atoms with Gasteiger partial charge in [-0.25, -0.2) is 0 Å². The number of aliphatic hydroxyl groups is 2. The van der Waals surface area contributed by atoms with Crippen LogP contribution in [-0.4, -0.2) is 55.3 Å². The maximum absolute atomic E-state index is 9.52. The van der Waals surface area contributed by atoms with Gasteiger partial charge >= 0.3 is 0 Å². The normalized spacial score (nSPS) is 15.3. The molecule has 0 spiro atoms. The first-order chi connectivity index (χ1) is 11.4. The number of nitrogens with one attached hydrogen (secondary N) is 2. The van der Waals surface area contributed by atoms with E-state index in [9.17, 15) is 5.11 Å². The molecule has 0 radical (unpaired) electrons. The summed E-state index contributed by atoms with van der Waals surface area (Å²) in [7, 11) is 0. The number of guanidine groups is 1. The lowest BCUT2D eigenvalue weighted by Crippen LogP contribution is -2.39. The number of rotatable bonds is 7. The first-order valence-corrected chi connectivity index (χ1v) is 7.87. The lowest BCUT2D eigenvalue weighted by molar-refractivity contribution is 0.0982. The molecule has 1 aromatic carbocycles. The van der Waals surface area contributed by atoms with Gasteiger partial charge in [0.2, 0.25) is 6.79 Å². The summed E-state index contributed by atoms with van der Waals surface area (Å²) in [5.74, 6) is 1.85. The molecule has 1 aliphatic rings. The Kier molecular flexibility index (Phi) is 6.24. The molecule has 0 amide bonds. The molecule has 8 heteroatoms. The molecule has 0 aromatic heterocycles. The second kappa shape index (κ2) is 8.18. The average Bonchev–Trinajstić information content (AvgIpc) is 3.04. The summed E-state index contributed by atoms with van der Waals surface area (Å²) in [4.78, 5) is 4.51. The minimum atomic E-state index is -0.865. The molecule has 0 bridgehead atoms. The van der Waals surface area contributed by atoms with E-state index in [2.05, 4.69) is 15.6 Å². The van der Waals surface area contributed by atoms with Crippen LogP contribution >= 0.6 is 0 Å². The van der Waals surface area contributed by atoms with Crippen LogP contribution in [0.4, 0.5) is 5.69 Å². The zero-order valence-electron chi connectivity index (χ0n) is 14.1. The zero-order chi connectivity index (χ0) is 17.6. The summed E-state index contributed by atoms with van der Waals surface area (Å²) in [6.07, 6.45) is -0.865. The van der Waals surface area contributed by atoms with Crippen molar-refractivity contribution in [1.29, 1.82) is 0 Å². The maximum atomic E-state index is 9.52. The van der Waals surface area contributed by atoms with E-state index in [1.54, 1.807) is 0 Å². The molecule has 0 saturated carbocycles. The Morgan fingerprint density at radius 1 is 1.38 bits per heavy atom. The molecule has 0 saturated heterocycles. The zero-order valence-corrected chi connectivity index (χ0v) is 14.1. The fourth-order valence-electron chi connectivity index (χ4n) is 1.89. The van der Waals surface area contributed by atoms with Gasteiger partial charge in [-0.2, -0.15) is 0 Å². The Bertz CT molecular complexity index is 577. The molecule has 1 atom stereocenters. The van der Waals surface area contributed by atoms with Crippen LogP contribution in [0.25, 0.3) is 0 Å². The van der Waals surface area contributed by atoms with Gasteiger partial charge in [-0.1, -0.05) is 13.8 Å². The topological polar surface area (TPSA) is 121 Å². The van der Waals surface area contributed by atoms with Gasteiger partial charge in [0, 0.05) is 24.8 Å². The van der Waals surface area contributed by atoms with E-state index in [4.69, 9.17) is 20.3 Å². The summed E-state index contributed by atoms with van der Waals surface area (Å²) >= 11 is 0. The van der Waals surface area contributed by atoms with E-state index in [-0.39, 0.29) is 25.4 Å². The summed E-state index contributed by atoms with van der Waals surface area (Å²) in [5.41, 5.74) is 6.37. The standard InChI is InChI=1S/C16H26N4O4/c1-16(2,8-17)9-19-15(18-6-12(22)7-21)20-11-3-4-13-14(5-11)24-10-23-13/h3-5,12,21-22H,6-10,17H2,1-2H3,(H2,18,19,20). The molecule has 1 aromatic rings. The summed E-state index contributed by atoms with van der Waals surface area (Å²) in [6, 6.07) is 5.48. The van der Waals surface area contributed by atoms with E-state index in [1.165, 1.54) is 0 Å². The Labute approximate surface area is 141 Å². The first kappa shape index (κ1) is 18.3. The van der Waals surface area contributed by atoms with Gasteiger partial charge in [0.25, 0.3) is 0 Å². The fraction of sp³-hybridized carbons (Fsp3) is 0.562. The second-order valence-electron chi connectivity index (χ2n) is 6.44. The minimum Gasteiger partial charge on any atom is -0.454 e. The van der Waals surface area contributed by atoms with Gasteiger partial charge in [-0.15, -0.1) is 0 Å². The lowest BCUT2D eigenvalue weighted by Gasteiger charge is -2.21. The van der Waals surface area contributed by atoms with E-state index < -0.39 is 6.10 Å². The van der Waals surface area contributed by atoms with Gasteiger partial charge < -0.3 is 36.1 Å². The van der Waals surface area contributed by atoms with Gasteiger partial charge in [-0.3, -0.25) is 4.99 Å². The average molecular weight is 338 g/mol. The highest BCUT2D eigenvalue weighted by molar-refractivity contribution is 5.94. The third-order valence-corrected chi connectivity index (χ3v) is 3.57. The van der Waals surface area contributed by atoms with Crippen molar-refractivity contribution in [3.05, 3.63) is 18.2 Å². The van der Waals surface area contributed by atoms with Gasteiger partial charge in [0.1, 0.15) is 0 Å². The number of benzene rings is 1. The van der Waals surface area contributed by atoms with Crippen molar-refractivity contribution in [2.75, 3.05) is 38.4 Å². The summed E-state index contributed by atoms with van der Waals surface area (Å²) in [5, 5.41) is 24.6. The quantitative estimate of drug-likeness (QED) is 0.353. The number of hydrogen-bond acceptors (Lipinski definition) is 6. The van der Waals surface area contributed by atoms with Crippen molar-refractivity contribution in [1.82, 2.24) is 5.32 Å². The molecule has 6 N–H and O–H groups in total. The predicted molar refractivity (Wildman–Crippen MR) is 92.4 cm³/mol. The Morgan fingerprint density at radius 2 is 2.12 bits per heavy atom. The third-order valence-electron chi connectivity index (χ3n) is 3.57. The van der Waals surface area contributed by atoms with E-state index in [0.29, 0.717) is 30.5 Å². The molecular formula is C16H26N4O4. The molecule has 24 heavy (non-hydrogen) atoms. The SMILES string of the molecule is CC(C)(CN)CN=C(NCC(O)CO)Nc1ccc2c(c1)OCO2. The molecule has 2 rings (SSSR count). The van der Waals surface area contributed by atoms with Crippen molar-refractivity contribution < 1.29 is 19.7 Å². The number of fused-ring (bicyclic) bond motifs is 1. The van der Waals surface area contributed by atoms with Crippen molar-refractivity contribution in [3.8, 4) is 11.5 Å². The highest BCUT2D eigenvalue weighted by atomic mass is 16.7. The molecule has 8 nitrogen and oxygen atoms in total. The second-order valence-corrected chi connectivity index (χ2v) is 6.44. The summed E-state index contributed by atoms with van der Waals surface area (Å²) < 4.78 is 10.6. The van der Waals surface area contributed by atoms with E-state index >= 15 is 0 Å². The van der Waals surface area contributed by atoms with Crippen molar-refractivity contribution >= 4 is 11.6 Å². The number of ether oxygens (including phenoxy) is 2. The highest BCUT2D eigenvalue weighted by Crippen LogP contribution is 2.34. The van der Waals surface area contributed by atoms with E-state index in [0.717, 1.165) is 5.69 Å². The van der Waals surface area contributed by atoms with Crippen LogP contribution in [0.15, 0.2) is 23.2 Å². The number of nitrogens with two attached hydrogens (primary N) is 1. The van der Waals surface area contributed by atoms with Gasteiger partial charge in [0.05, 0.1) is 12.7 Å². The Hall–Kier alpha value is -2.03. The Morgan fingerprint density at radius 3 is 2.83 bits per heavy atom. The van der Waals surface area contributed by atoms with Crippen LogP contribution in [0.3, 0.4) is 0 Å². The van der Waals surface area contributed by atoms with Crippen molar-refractivity contribution in [2.45, 2.75) is 20.0 Å². The molecule has 134 valence electrons. The van der Waals surface area contributed by atoms with Crippen LogP contribution < -0.4 is 25.8 Å². The molecule has 0 aliphatic carbocycles. The van der Waals surface area contributed by atoms with E-state index in [1.807, 2.05) is 32.0 Å². The predicted octanol–water partition coefficient (Wildman–Crippen LogP) is 0.111. The highest BCUT2D eigenvalue weighted by Gasteiger charge is 2.17. The van der Waals surface area contributed by atoms with Crippen LogP contribution in [0.2, 0.25) is 0 Å². The minimum absolute atomic E-state index is 0.140. The lowest BCUT2D eigenvalue weighted by atomic mass is 9.94. The number of hydrogen-bond donors (Lipinski definition) is 5. The molecular weight excluding hydrogens is 312 g/mol. The fourth-order valence-corrected chi connectivity index (χ4v) is 1.89. The molecule has 1 unspecified atom stereocenters. The largest absolute Gasteiger partial charge is 0.454 e. The number of anilines is 1. The van der Waals surface area contributed by atoms with Crippen LogP contribution in [0.5, 0.6) is 11.5 Å². The van der Waals surface area contributed by atoms with Gasteiger partial charge in [-0.05, 0) is 24.1 Å². The summed E-state index contributed by atoms with van der Waals surface area (Å²) in [6.45, 7) is 5.14. The van der Waals surface area contributed by atoms with Crippen molar-refractivity contribution in [3.63, 3.8) is 0 Å². The monoisotopic (exact) mass is 338 g/mol. The Balaban J connectivity index is 2.08. The maximum Gasteiger partial charge on any atom is 0.231 e. The smallest absolute Gasteiger partial charge is 0.231 e. The number of aliphatic hydroxyl groups excluding tert-OH is 2. The van der Waals surface area contributed by atoms with Crippen LogP contribution in [-0.2, 0) is 0 Å².